The highest BCUT2D eigenvalue weighted by atomic mass is 32.2. The van der Waals surface area contributed by atoms with Crippen LogP contribution in [0.2, 0.25) is 0 Å². The summed E-state index contributed by atoms with van der Waals surface area (Å²) in [5, 5.41) is 10.5. The van der Waals surface area contributed by atoms with E-state index in [1.807, 2.05) is 6.92 Å². The molecule has 0 saturated carbocycles. The van der Waals surface area contributed by atoms with Crippen molar-refractivity contribution < 1.29 is 31.1 Å². The molecule has 1 aromatic carbocycles. The Balaban J connectivity index is 1.75. The average Bonchev–Trinajstić information content (AvgIpc) is 3.14. The Morgan fingerprint density at radius 1 is 1.00 bits per heavy atom. The molecule has 0 atom stereocenters. The van der Waals surface area contributed by atoms with E-state index in [4.69, 9.17) is 0 Å². The summed E-state index contributed by atoms with van der Waals surface area (Å²) in [5.41, 5.74) is -2.88. The molecule has 0 fully saturated rings. The maximum absolute atomic E-state index is 13.0. The van der Waals surface area contributed by atoms with Crippen LogP contribution in [0.15, 0.2) is 47.9 Å². The fraction of sp³-hybridized carbons (Fsp3) is 0.263. The normalized spacial score (nSPS) is 12.1. The number of benzene rings is 1. The third-order valence-electron chi connectivity index (χ3n) is 4.18. The van der Waals surface area contributed by atoms with Gasteiger partial charge in [0.1, 0.15) is 0 Å². The molecule has 1 amide bonds. The first-order chi connectivity index (χ1) is 15.0. The third kappa shape index (κ3) is 5.58. The van der Waals surface area contributed by atoms with Crippen LogP contribution in [0.5, 0.6) is 0 Å². The second kappa shape index (κ2) is 9.18. The van der Waals surface area contributed by atoms with Gasteiger partial charge in [-0.2, -0.15) is 26.3 Å². The highest BCUT2D eigenvalue weighted by molar-refractivity contribution is 7.99. The summed E-state index contributed by atoms with van der Waals surface area (Å²) in [7, 11) is 0. The van der Waals surface area contributed by atoms with Crippen LogP contribution < -0.4 is 5.32 Å². The average molecular weight is 475 g/mol. The molecule has 0 radical (unpaired) electrons. The van der Waals surface area contributed by atoms with E-state index < -0.39 is 35.1 Å². The summed E-state index contributed by atoms with van der Waals surface area (Å²) >= 11 is 0.951. The van der Waals surface area contributed by atoms with E-state index in [0.717, 1.165) is 17.3 Å². The molecule has 170 valence electrons. The number of rotatable bonds is 6. The molecule has 0 aliphatic rings. The Labute approximate surface area is 182 Å². The van der Waals surface area contributed by atoms with Crippen molar-refractivity contribution in [3.63, 3.8) is 0 Å². The fourth-order valence-corrected chi connectivity index (χ4v) is 3.55. The van der Waals surface area contributed by atoms with Crippen LogP contribution in [0.1, 0.15) is 18.1 Å². The lowest BCUT2D eigenvalue weighted by molar-refractivity contribution is -0.143. The van der Waals surface area contributed by atoms with Gasteiger partial charge in [0.15, 0.2) is 11.0 Å². The predicted octanol–water partition coefficient (Wildman–Crippen LogP) is 5.13. The van der Waals surface area contributed by atoms with Crippen LogP contribution in [-0.4, -0.2) is 31.4 Å². The van der Waals surface area contributed by atoms with Crippen LogP contribution in [0.25, 0.3) is 11.4 Å². The lowest BCUT2D eigenvalue weighted by atomic mass is 10.1. The summed E-state index contributed by atoms with van der Waals surface area (Å²) in [6, 6.07) is 4.35. The molecule has 0 unspecified atom stereocenters. The van der Waals surface area contributed by atoms with Gasteiger partial charge in [-0.15, -0.1) is 10.2 Å². The number of nitrogens with zero attached hydrogens (tertiary/aromatic N) is 4. The topological polar surface area (TPSA) is 72.7 Å². The minimum Gasteiger partial charge on any atom is -0.325 e. The number of pyridine rings is 1. The van der Waals surface area contributed by atoms with E-state index >= 15 is 0 Å². The number of halogens is 6. The maximum Gasteiger partial charge on any atom is 0.416 e. The summed E-state index contributed by atoms with van der Waals surface area (Å²) in [6.07, 6.45) is -6.85. The first kappa shape index (κ1) is 23.6. The molecule has 0 saturated heterocycles. The van der Waals surface area contributed by atoms with Gasteiger partial charge in [-0.3, -0.25) is 9.78 Å². The van der Waals surface area contributed by atoms with Crippen molar-refractivity contribution in [3.8, 4) is 11.4 Å². The number of carbonyl (C=O) groups excluding carboxylic acids is 1. The van der Waals surface area contributed by atoms with Gasteiger partial charge in [0.05, 0.1) is 16.9 Å². The number of nitrogens with one attached hydrogen (secondary N) is 1. The molecule has 0 aliphatic carbocycles. The third-order valence-corrected chi connectivity index (χ3v) is 5.14. The fourth-order valence-electron chi connectivity index (χ4n) is 2.75. The van der Waals surface area contributed by atoms with Gasteiger partial charge in [0, 0.05) is 30.2 Å². The predicted molar refractivity (Wildman–Crippen MR) is 105 cm³/mol. The zero-order chi connectivity index (χ0) is 23.5. The molecule has 3 aromatic rings. The molecule has 2 heterocycles. The molecule has 0 spiro atoms. The van der Waals surface area contributed by atoms with Gasteiger partial charge >= 0.3 is 12.4 Å². The Bertz CT molecular complexity index is 1070. The van der Waals surface area contributed by atoms with Gasteiger partial charge in [0.2, 0.25) is 5.91 Å². The number of hydrogen-bond acceptors (Lipinski definition) is 5. The lowest BCUT2D eigenvalue weighted by Crippen LogP contribution is -2.17. The number of anilines is 1. The number of hydrogen-bond donors (Lipinski definition) is 1. The summed E-state index contributed by atoms with van der Waals surface area (Å²) in [5.74, 6) is -0.560. The molecular weight excluding hydrogens is 460 g/mol. The first-order valence-electron chi connectivity index (χ1n) is 9.04. The van der Waals surface area contributed by atoms with E-state index in [1.54, 1.807) is 29.1 Å². The Morgan fingerprint density at radius 3 is 2.12 bits per heavy atom. The number of amides is 1. The molecule has 13 heteroatoms. The molecule has 32 heavy (non-hydrogen) atoms. The van der Waals surface area contributed by atoms with Crippen molar-refractivity contribution in [2.75, 3.05) is 11.1 Å². The molecule has 0 aliphatic heterocycles. The highest BCUT2D eigenvalue weighted by Crippen LogP contribution is 2.37. The lowest BCUT2D eigenvalue weighted by Gasteiger charge is -2.14. The van der Waals surface area contributed by atoms with Gasteiger partial charge in [0.25, 0.3) is 0 Å². The van der Waals surface area contributed by atoms with Crippen molar-refractivity contribution in [2.24, 2.45) is 0 Å². The van der Waals surface area contributed by atoms with E-state index in [1.165, 1.54) is 0 Å². The van der Waals surface area contributed by atoms with Crippen LogP contribution in [-0.2, 0) is 23.7 Å². The number of aromatic nitrogens is 4. The number of alkyl halides is 6. The van der Waals surface area contributed by atoms with Gasteiger partial charge in [-0.25, -0.2) is 0 Å². The van der Waals surface area contributed by atoms with Gasteiger partial charge in [-0.05, 0) is 37.3 Å². The van der Waals surface area contributed by atoms with Crippen LogP contribution in [0.4, 0.5) is 32.0 Å². The van der Waals surface area contributed by atoms with Crippen LogP contribution >= 0.6 is 11.8 Å². The van der Waals surface area contributed by atoms with Crippen LogP contribution in [0.3, 0.4) is 0 Å². The summed E-state index contributed by atoms with van der Waals surface area (Å²) in [4.78, 5) is 16.1. The van der Waals surface area contributed by atoms with Crippen molar-refractivity contribution in [1.29, 1.82) is 0 Å². The van der Waals surface area contributed by atoms with Crippen molar-refractivity contribution in [3.05, 3.63) is 53.9 Å². The molecule has 1 N–H and O–H groups in total. The largest absolute Gasteiger partial charge is 0.416 e. The molecule has 6 nitrogen and oxygen atoms in total. The van der Waals surface area contributed by atoms with E-state index in [0.29, 0.717) is 29.7 Å². The number of thioether (sulfide) groups is 1. The number of carbonyl (C=O) groups is 1. The SMILES string of the molecule is CCn1c(SCC(=O)Nc2cc(C(F)(F)F)cc(C(F)(F)F)c2)nnc1-c1ccncc1. The molecule has 0 bridgehead atoms. The van der Waals surface area contributed by atoms with E-state index in [2.05, 4.69) is 20.5 Å². The first-order valence-corrected chi connectivity index (χ1v) is 10.0. The van der Waals surface area contributed by atoms with Crippen LogP contribution in [0, 0.1) is 0 Å². The monoisotopic (exact) mass is 475 g/mol. The second-order valence-electron chi connectivity index (χ2n) is 6.42. The summed E-state index contributed by atoms with van der Waals surface area (Å²) < 4.78 is 79.5. The zero-order valence-electron chi connectivity index (χ0n) is 16.3. The van der Waals surface area contributed by atoms with Gasteiger partial charge < -0.3 is 9.88 Å². The Morgan fingerprint density at radius 2 is 1.59 bits per heavy atom. The molecule has 2 aromatic heterocycles. The Kier molecular flexibility index (Phi) is 6.77. The second-order valence-corrected chi connectivity index (χ2v) is 7.36. The van der Waals surface area contributed by atoms with E-state index in [-0.39, 0.29) is 11.8 Å². The maximum atomic E-state index is 13.0. The molecular formula is C19H15F6N5OS. The van der Waals surface area contributed by atoms with E-state index in [9.17, 15) is 31.1 Å². The molecule has 3 rings (SSSR count). The minimum absolute atomic E-state index is 0.00520. The summed E-state index contributed by atoms with van der Waals surface area (Å²) in [6.45, 7) is 2.30. The smallest absolute Gasteiger partial charge is 0.325 e. The highest BCUT2D eigenvalue weighted by Gasteiger charge is 2.37. The van der Waals surface area contributed by atoms with Crippen molar-refractivity contribution in [2.45, 2.75) is 31.0 Å². The minimum atomic E-state index is -5.00. The zero-order valence-corrected chi connectivity index (χ0v) is 17.1. The quantitative estimate of drug-likeness (QED) is 0.395. The van der Waals surface area contributed by atoms with Crippen molar-refractivity contribution in [1.82, 2.24) is 19.7 Å². The Hall–Kier alpha value is -3.09. The van der Waals surface area contributed by atoms with Gasteiger partial charge in [-0.1, -0.05) is 11.8 Å². The standard InChI is InChI=1S/C19H15F6N5OS/c1-2-30-16(11-3-5-26-6-4-11)28-29-17(30)32-10-15(31)27-14-8-12(18(20,21)22)7-13(9-14)19(23,24)25/h3-9H,2,10H2,1H3,(H,27,31). The van der Waals surface area contributed by atoms with Crippen molar-refractivity contribution >= 4 is 23.4 Å².